The third-order valence-electron chi connectivity index (χ3n) is 3.74. The Bertz CT molecular complexity index is 927. The van der Waals surface area contributed by atoms with Crippen molar-refractivity contribution in [2.75, 3.05) is 12.5 Å². The van der Waals surface area contributed by atoms with Gasteiger partial charge >= 0.3 is 0 Å². The van der Waals surface area contributed by atoms with Crippen molar-refractivity contribution in [1.82, 2.24) is 4.90 Å². The highest BCUT2D eigenvalue weighted by Crippen LogP contribution is 2.32. The summed E-state index contributed by atoms with van der Waals surface area (Å²) in [5.41, 5.74) is 1.20. The summed E-state index contributed by atoms with van der Waals surface area (Å²) in [6.07, 6.45) is 1.53. The predicted molar refractivity (Wildman–Crippen MR) is 97.7 cm³/mol. The summed E-state index contributed by atoms with van der Waals surface area (Å²) >= 11 is 1.18. The molecule has 0 spiro atoms. The maximum atomic E-state index is 12.6. The van der Waals surface area contributed by atoms with Crippen molar-refractivity contribution < 1.29 is 19.1 Å². The van der Waals surface area contributed by atoms with E-state index >= 15 is 0 Å². The molecule has 2 aliphatic heterocycles. The summed E-state index contributed by atoms with van der Waals surface area (Å²) in [6.45, 7) is 0.202. The van der Waals surface area contributed by atoms with Crippen LogP contribution in [0.5, 0.6) is 11.5 Å². The highest BCUT2D eigenvalue weighted by Gasteiger charge is 2.34. The lowest BCUT2D eigenvalue weighted by Gasteiger charge is -2.12. The molecule has 0 atom stereocenters. The van der Waals surface area contributed by atoms with Gasteiger partial charge in [0.2, 0.25) is 12.7 Å². The minimum Gasteiger partial charge on any atom is -0.454 e. The molecule has 4 rings (SSSR count). The minimum atomic E-state index is -0.405. The molecule has 8 heteroatoms. The molecule has 7 nitrogen and oxygen atoms in total. The molecule has 2 aromatic rings. The maximum Gasteiger partial charge on any atom is 0.266 e. The van der Waals surface area contributed by atoms with Gasteiger partial charge in [0.15, 0.2) is 16.7 Å². The van der Waals surface area contributed by atoms with E-state index in [0.717, 1.165) is 10.5 Å². The van der Waals surface area contributed by atoms with Crippen LogP contribution in [0.1, 0.15) is 15.9 Å². The summed E-state index contributed by atoms with van der Waals surface area (Å²) in [4.78, 5) is 25.7. The number of amides is 2. The molecule has 0 bridgehead atoms. The standard InChI is InChI=1S/C18H13N3O4S/c22-16-10-26-18(21(16)17(23)13-4-2-1-3-5-13)20-19-9-12-6-7-14-15(8-12)25-11-24-14/h1-9H,10-11H2/b19-9-,20-18+. The Kier molecular flexibility index (Phi) is 4.40. The number of nitrogens with zero attached hydrogens (tertiary/aromatic N) is 3. The van der Waals surface area contributed by atoms with E-state index in [0.29, 0.717) is 17.1 Å². The molecular formula is C18H13N3O4S. The molecule has 0 unspecified atom stereocenters. The third kappa shape index (κ3) is 3.18. The Hall–Kier alpha value is -3.13. The SMILES string of the molecule is O=C1CS/C(=N/N=C\c2ccc3c(c2)OCO3)N1C(=O)c1ccccc1. The Labute approximate surface area is 153 Å². The van der Waals surface area contributed by atoms with E-state index in [2.05, 4.69) is 10.2 Å². The molecule has 2 aliphatic rings. The van der Waals surface area contributed by atoms with Gasteiger partial charge < -0.3 is 9.47 Å². The molecule has 26 heavy (non-hydrogen) atoms. The molecule has 2 aromatic carbocycles. The van der Waals surface area contributed by atoms with Crippen LogP contribution in [-0.2, 0) is 4.79 Å². The van der Waals surface area contributed by atoms with Crippen LogP contribution in [0.4, 0.5) is 0 Å². The van der Waals surface area contributed by atoms with E-state index in [1.54, 1.807) is 36.4 Å². The van der Waals surface area contributed by atoms with Crippen LogP contribution >= 0.6 is 11.8 Å². The van der Waals surface area contributed by atoms with Crippen LogP contribution in [0.15, 0.2) is 58.7 Å². The van der Waals surface area contributed by atoms with Crippen molar-refractivity contribution in [2.24, 2.45) is 10.2 Å². The number of fused-ring (bicyclic) bond motifs is 1. The Morgan fingerprint density at radius 1 is 1.12 bits per heavy atom. The maximum absolute atomic E-state index is 12.6. The number of rotatable bonds is 3. The summed E-state index contributed by atoms with van der Waals surface area (Å²) in [6, 6.07) is 14.0. The zero-order chi connectivity index (χ0) is 17.9. The number of benzene rings is 2. The lowest BCUT2D eigenvalue weighted by molar-refractivity contribution is -0.122. The van der Waals surface area contributed by atoms with E-state index in [1.807, 2.05) is 12.1 Å². The second kappa shape index (κ2) is 7.01. The van der Waals surface area contributed by atoms with Crippen molar-refractivity contribution in [3.05, 3.63) is 59.7 Å². The van der Waals surface area contributed by atoms with Gasteiger partial charge in [0.25, 0.3) is 5.91 Å². The first-order chi connectivity index (χ1) is 12.7. The van der Waals surface area contributed by atoms with Gasteiger partial charge in [-0.2, -0.15) is 5.10 Å². The Balaban J connectivity index is 1.54. The van der Waals surface area contributed by atoms with Gasteiger partial charge in [-0.15, -0.1) is 5.10 Å². The molecule has 0 radical (unpaired) electrons. The average Bonchev–Trinajstić information content (AvgIpc) is 3.28. The van der Waals surface area contributed by atoms with Crippen LogP contribution in [0.2, 0.25) is 0 Å². The zero-order valence-corrected chi connectivity index (χ0v) is 14.3. The molecule has 1 fully saturated rings. The highest BCUT2D eigenvalue weighted by atomic mass is 32.2. The Morgan fingerprint density at radius 2 is 1.92 bits per heavy atom. The molecule has 1 saturated heterocycles. The summed E-state index contributed by atoms with van der Waals surface area (Å²) < 4.78 is 10.6. The van der Waals surface area contributed by atoms with Gasteiger partial charge in [-0.25, -0.2) is 4.90 Å². The van der Waals surface area contributed by atoms with Crippen LogP contribution < -0.4 is 9.47 Å². The summed E-state index contributed by atoms with van der Waals surface area (Å²) in [5, 5.41) is 8.33. The molecule has 2 heterocycles. The minimum absolute atomic E-state index is 0.164. The second-order valence-electron chi connectivity index (χ2n) is 5.43. The van der Waals surface area contributed by atoms with Crippen molar-refractivity contribution in [3.8, 4) is 11.5 Å². The normalized spacial score (nSPS) is 17.5. The number of imide groups is 1. The largest absolute Gasteiger partial charge is 0.454 e. The molecule has 2 amide bonds. The lowest BCUT2D eigenvalue weighted by Crippen LogP contribution is -2.35. The van der Waals surface area contributed by atoms with E-state index in [1.165, 1.54) is 18.0 Å². The molecule has 0 saturated carbocycles. The van der Waals surface area contributed by atoms with E-state index < -0.39 is 5.91 Å². The number of hydrogen-bond donors (Lipinski definition) is 0. The first kappa shape index (κ1) is 16.3. The van der Waals surface area contributed by atoms with Crippen molar-refractivity contribution >= 4 is 35.0 Å². The van der Waals surface area contributed by atoms with Crippen LogP contribution in [0, 0.1) is 0 Å². The van der Waals surface area contributed by atoms with Crippen molar-refractivity contribution in [2.45, 2.75) is 0 Å². The highest BCUT2D eigenvalue weighted by molar-refractivity contribution is 8.15. The number of carbonyl (C=O) groups excluding carboxylic acids is 2. The van der Waals surface area contributed by atoms with Gasteiger partial charge in [0, 0.05) is 5.56 Å². The second-order valence-corrected chi connectivity index (χ2v) is 6.37. The monoisotopic (exact) mass is 367 g/mol. The van der Waals surface area contributed by atoms with Gasteiger partial charge in [-0.05, 0) is 35.9 Å². The summed E-state index contributed by atoms with van der Waals surface area (Å²) in [7, 11) is 0. The van der Waals surface area contributed by atoms with Crippen molar-refractivity contribution in [3.63, 3.8) is 0 Å². The number of amidine groups is 1. The molecule has 0 aromatic heterocycles. The van der Waals surface area contributed by atoms with Gasteiger partial charge in [0.05, 0.1) is 12.0 Å². The third-order valence-corrected chi connectivity index (χ3v) is 4.65. The molecule has 0 N–H and O–H groups in total. The lowest BCUT2D eigenvalue weighted by atomic mass is 10.2. The van der Waals surface area contributed by atoms with E-state index in [9.17, 15) is 9.59 Å². The number of ether oxygens (including phenoxy) is 2. The van der Waals surface area contributed by atoms with Gasteiger partial charge in [-0.3, -0.25) is 9.59 Å². The predicted octanol–water partition coefficient (Wildman–Crippen LogP) is 2.52. The van der Waals surface area contributed by atoms with E-state index in [4.69, 9.17) is 9.47 Å². The topological polar surface area (TPSA) is 80.6 Å². The summed E-state index contributed by atoms with van der Waals surface area (Å²) in [5.74, 6) is 0.785. The molecule has 0 aliphatic carbocycles. The van der Waals surface area contributed by atoms with Crippen LogP contribution in [-0.4, -0.2) is 40.6 Å². The Morgan fingerprint density at radius 3 is 2.77 bits per heavy atom. The smallest absolute Gasteiger partial charge is 0.266 e. The molecular weight excluding hydrogens is 354 g/mol. The fourth-order valence-electron chi connectivity index (χ4n) is 2.48. The van der Waals surface area contributed by atoms with Crippen LogP contribution in [0.25, 0.3) is 0 Å². The van der Waals surface area contributed by atoms with E-state index in [-0.39, 0.29) is 23.6 Å². The van der Waals surface area contributed by atoms with Gasteiger partial charge in [0.1, 0.15) is 0 Å². The fourth-order valence-corrected chi connectivity index (χ4v) is 3.28. The first-order valence-electron chi connectivity index (χ1n) is 7.78. The number of hydrogen-bond acceptors (Lipinski definition) is 7. The zero-order valence-electron chi connectivity index (χ0n) is 13.5. The van der Waals surface area contributed by atoms with Crippen LogP contribution in [0.3, 0.4) is 0 Å². The van der Waals surface area contributed by atoms with Gasteiger partial charge in [-0.1, -0.05) is 30.0 Å². The van der Waals surface area contributed by atoms with Crippen molar-refractivity contribution in [1.29, 1.82) is 0 Å². The first-order valence-corrected chi connectivity index (χ1v) is 8.77. The number of thioether (sulfide) groups is 1. The number of carbonyl (C=O) groups is 2. The fraction of sp³-hybridized carbons (Fsp3) is 0.111. The quantitative estimate of drug-likeness (QED) is 0.473. The molecule has 130 valence electrons. The average molecular weight is 367 g/mol.